The third kappa shape index (κ3) is 5.03. The Morgan fingerprint density at radius 1 is 1.23 bits per heavy atom. The van der Waals surface area contributed by atoms with Gasteiger partial charge in [0.25, 0.3) is 0 Å². The number of nitrogens with one attached hydrogen (secondary N) is 1. The molecular formula is C25H30N2O3. The number of hydrogen-bond acceptors (Lipinski definition) is 4. The highest BCUT2D eigenvalue weighted by Gasteiger charge is 2.22. The molecule has 1 aliphatic heterocycles. The van der Waals surface area contributed by atoms with Crippen molar-refractivity contribution in [2.24, 2.45) is 5.92 Å². The number of methoxy groups -OCH3 is 1. The molecule has 0 saturated carbocycles. The average Bonchev–Trinajstić information content (AvgIpc) is 3.16. The largest absolute Gasteiger partial charge is 0.497 e. The van der Waals surface area contributed by atoms with Gasteiger partial charge in [-0.1, -0.05) is 18.2 Å². The van der Waals surface area contributed by atoms with E-state index < -0.39 is 0 Å². The summed E-state index contributed by atoms with van der Waals surface area (Å²) >= 11 is 0. The SMILES string of the molecule is COc1ccc(NC(=O)CC[C@@H]2CCCN(Cc3cc4ccccc4o3)C2)c(C)c1. The molecule has 2 heterocycles. The van der Waals surface area contributed by atoms with Crippen molar-refractivity contribution in [1.82, 2.24) is 4.90 Å². The van der Waals surface area contributed by atoms with Gasteiger partial charge in [-0.2, -0.15) is 0 Å². The van der Waals surface area contributed by atoms with Gasteiger partial charge in [0.1, 0.15) is 17.1 Å². The minimum absolute atomic E-state index is 0.0812. The molecule has 0 bridgehead atoms. The van der Waals surface area contributed by atoms with Crippen molar-refractivity contribution in [3.63, 3.8) is 0 Å². The zero-order valence-corrected chi connectivity index (χ0v) is 17.8. The van der Waals surface area contributed by atoms with Crippen LogP contribution in [0.5, 0.6) is 5.75 Å². The fraction of sp³-hybridized carbons (Fsp3) is 0.400. The van der Waals surface area contributed by atoms with Crippen LogP contribution in [0.25, 0.3) is 11.0 Å². The van der Waals surface area contributed by atoms with E-state index in [1.165, 1.54) is 12.8 Å². The molecule has 1 aromatic heterocycles. The standard InChI is InChI=1S/C25H30N2O3/c1-18-14-21(29-2)10-11-23(18)26-25(28)12-9-19-6-5-13-27(16-19)17-22-15-20-7-3-4-8-24(20)30-22/h3-4,7-8,10-11,14-15,19H,5-6,9,12-13,16-17H2,1-2H3,(H,26,28)/t19-/m0/s1. The van der Waals surface area contributed by atoms with Crippen LogP contribution in [-0.2, 0) is 11.3 Å². The van der Waals surface area contributed by atoms with Crippen LogP contribution in [0.2, 0.25) is 0 Å². The van der Waals surface area contributed by atoms with Crippen LogP contribution in [0.1, 0.15) is 37.0 Å². The van der Waals surface area contributed by atoms with E-state index in [-0.39, 0.29) is 5.91 Å². The summed E-state index contributed by atoms with van der Waals surface area (Å²) in [5, 5.41) is 4.20. The molecule has 0 spiro atoms. The van der Waals surface area contributed by atoms with E-state index in [0.717, 1.165) is 59.8 Å². The Balaban J connectivity index is 1.27. The predicted octanol–water partition coefficient (Wildman–Crippen LogP) is 5.38. The van der Waals surface area contributed by atoms with Crippen LogP contribution in [0.3, 0.4) is 0 Å². The number of rotatable bonds is 7. The van der Waals surface area contributed by atoms with Crippen molar-refractivity contribution in [2.75, 3.05) is 25.5 Å². The van der Waals surface area contributed by atoms with Crippen molar-refractivity contribution in [1.29, 1.82) is 0 Å². The number of nitrogens with zero attached hydrogens (tertiary/aromatic N) is 1. The zero-order chi connectivity index (χ0) is 20.9. The predicted molar refractivity (Wildman–Crippen MR) is 120 cm³/mol. The van der Waals surface area contributed by atoms with Gasteiger partial charge in [0, 0.05) is 24.0 Å². The Morgan fingerprint density at radius 3 is 2.90 bits per heavy atom. The molecule has 2 aromatic carbocycles. The molecule has 5 nitrogen and oxygen atoms in total. The van der Waals surface area contributed by atoms with Crippen LogP contribution >= 0.6 is 0 Å². The second-order valence-corrected chi connectivity index (χ2v) is 8.26. The van der Waals surface area contributed by atoms with Crippen LogP contribution < -0.4 is 10.1 Å². The molecule has 0 unspecified atom stereocenters. The fourth-order valence-electron chi connectivity index (χ4n) is 4.32. The molecule has 1 N–H and O–H groups in total. The smallest absolute Gasteiger partial charge is 0.224 e. The molecule has 5 heteroatoms. The van der Waals surface area contributed by atoms with E-state index in [0.29, 0.717) is 12.3 Å². The van der Waals surface area contributed by atoms with Gasteiger partial charge in [-0.3, -0.25) is 9.69 Å². The third-order valence-electron chi connectivity index (χ3n) is 5.95. The number of piperidine rings is 1. The Labute approximate surface area is 178 Å². The molecule has 30 heavy (non-hydrogen) atoms. The summed E-state index contributed by atoms with van der Waals surface area (Å²) in [6, 6.07) is 16.0. The summed E-state index contributed by atoms with van der Waals surface area (Å²) in [5.41, 5.74) is 2.82. The first-order chi connectivity index (χ1) is 14.6. The van der Waals surface area contributed by atoms with E-state index >= 15 is 0 Å². The maximum Gasteiger partial charge on any atom is 0.224 e. The summed E-state index contributed by atoms with van der Waals surface area (Å²) in [6.45, 7) is 4.92. The van der Waals surface area contributed by atoms with Gasteiger partial charge in [-0.05, 0) is 74.5 Å². The lowest BCUT2D eigenvalue weighted by Crippen LogP contribution is -2.35. The normalized spacial score (nSPS) is 17.2. The van der Waals surface area contributed by atoms with Crippen molar-refractivity contribution >= 4 is 22.6 Å². The summed E-state index contributed by atoms with van der Waals surface area (Å²) in [5.74, 6) is 2.45. The van der Waals surface area contributed by atoms with Crippen molar-refractivity contribution < 1.29 is 13.9 Å². The molecule has 0 radical (unpaired) electrons. The van der Waals surface area contributed by atoms with Gasteiger partial charge in [0.05, 0.1) is 13.7 Å². The lowest BCUT2D eigenvalue weighted by Gasteiger charge is -2.32. The minimum Gasteiger partial charge on any atom is -0.497 e. The Morgan fingerprint density at radius 2 is 2.10 bits per heavy atom. The Hall–Kier alpha value is -2.79. The Kier molecular flexibility index (Phi) is 6.38. The molecule has 1 atom stereocenters. The molecule has 1 fully saturated rings. The van der Waals surface area contributed by atoms with Gasteiger partial charge in [-0.15, -0.1) is 0 Å². The van der Waals surface area contributed by atoms with Crippen molar-refractivity contribution in [3.05, 3.63) is 59.9 Å². The lowest BCUT2D eigenvalue weighted by molar-refractivity contribution is -0.116. The molecular weight excluding hydrogens is 376 g/mol. The van der Waals surface area contributed by atoms with Crippen molar-refractivity contribution in [3.8, 4) is 5.75 Å². The number of likely N-dealkylation sites (tertiary alicyclic amines) is 1. The molecule has 4 rings (SSSR count). The zero-order valence-electron chi connectivity index (χ0n) is 17.8. The van der Waals surface area contributed by atoms with Crippen LogP contribution in [0.15, 0.2) is 52.9 Å². The summed E-state index contributed by atoms with van der Waals surface area (Å²) in [7, 11) is 1.65. The first-order valence-electron chi connectivity index (χ1n) is 10.7. The number of ether oxygens (including phenoxy) is 1. The minimum atomic E-state index is 0.0812. The molecule has 158 valence electrons. The van der Waals surface area contributed by atoms with E-state index in [4.69, 9.17) is 9.15 Å². The maximum atomic E-state index is 12.5. The van der Waals surface area contributed by atoms with Crippen LogP contribution in [0, 0.1) is 12.8 Å². The topological polar surface area (TPSA) is 54.7 Å². The number of hydrogen-bond donors (Lipinski definition) is 1. The number of benzene rings is 2. The van der Waals surface area contributed by atoms with Crippen LogP contribution in [-0.4, -0.2) is 31.0 Å². The average molecular weight is 407 g/mol. The number of furan rings is 1. The quantitative estimate of drug-likeness (QED) is 0.572. The number of fused-ring (bicyclic) bond motifs is 1. The van der Waals surface area contributed by atoms with Crippen LogP contribution in [0.4, 0.5) is 5.69 Å². The van der Waals surface area contributed by atoms with Gasteiger partial charge in [-0.25, -0.2) is 0 Å². The third-order valence-corrected chi connectivity index (χ3v) is 5.95. The Bertz CT molecular complexity index is 978. The second-order valence-electron chi connectivity index (χ2n) is 8.26. The molecule has 1 amide bonds. The molecule has 1 aliphatic rings. The molecule has 1 saturated heterocycles. The monoisotopic (exact) mass is 406 g/mol. The number of anilines is 1. The summed E-state index contributed by atoms with van der Waals surface area (Å²) in [4.78, 5) is 14.9. The summed E-state index contributed by atoms with van der Waals surface area (Å²) in [6.07, 6.45) is 3.82. The van der Waals surface area contributed by atoms with Gasteiger partial charge in [0.2, 0.25) is 5.91 Å². The van der Waals surface area contributed by atoms with Crippen molar-refractivity contribution in [2.45, 2.75) is 39.2 Å². The number of carbonyl (C=O) groups is 1. The first kappa shape index (κ1) is 20.5. The van der Waals surface area contributed by atoms with E-state index in [1.54, 1.807) is 7.11 Å². The van der Waals surface area contributed by atoms with E-state index in [9.17, 15) is 4.79 Å². The highest BCUT2D eigenvalue weighted by atomic mass is 16.5. The molecule has 3 aromatic rings. The second kappa shape index (κ2) is 9.35. The highest BCUT2D eigenvalue weighted by Crippen LogP contribution is 2.26. The number of amides is 1. The van der Waals surface area contributed by atoms with Gasteiger partial charge < -0.3 is 14.5 Å². The van der Waals surface area contributed by atoms with Gasteiger partial charge in [0.15, 0.2) is 0 Å². The fourth-order valence-corrected chi connectivity index (χ4v) is 4.32. The lowest BCUT2D eigenvalue weighted by atomic mass is 9.93. The maximum absolute atomic E-state index is 12.5. The number of carbonyl (C=O) groups excluding carboxylic acids is 1. The number of aryl methyl sites for hydroxylation is 1. The number of para-hydroxylation sites is 1. The van der Waals surface area contributed by atoms with Gasteiger partial charge >= 0.3 is 0 Å². The highest BCUT2D eigenvalue weighted by molar-refractivity contribution is 5.91. The van der Waals surface area contributed by atoms with E-state index in [2.05, 4.69) is 22.3 Å². The summed E-state index contributed by atoms with van der Waals surface area (Å²) < 4.78 is 11.2. The first-order valence-corrected chi connectivity index (χ1v) is 10.7. The van der Waals surface area contributed by atoms with E-state index in [1.807, 2.05) is 43.3 Å². The molecule has 0 aliphatic carbocycles.